The van der Waals surface area contributed by atoms with Crippen LogP contribution in [-0.2, 0) is 10.8 Å². The van der Waals surface area contributed by atoms with Crippen LogP contribution in [0.25, 0.3) is 87.6 Å². The Balaban J connectivity index is 1.37. The first-order chi connectivity index (χ1) is 23.6. The fourth-order valence-electron chi connectivity index (χ4n) is 7.87. The molecular formula is C48H40O. The van der Waals surface area contributed by atoms with Crippen molar-refractivity contribution in [3.63, 3.8) is 0 Å². The minimum Gasteiger partial charge on any atom is -0.455 e. The molecule has 1 heterocycles. The second-order valence-electron chi connectivity index (χ2n) is 15.8. The van der Waals surface area contributed by atoms with E-state index in [-0.39, 0.29) is 10.8 Å². The first-order valence-corrected chi connectivity index (χ1v) is 17.4. The van der Waals surface area contributed by atoms with Gasteiger partial charge in [0.1, 0.15) is 11.2 Å². The van der Waals surface area contributed by atoms with Crippen molar-refractivity contribution < 1.29 is 4.42 Å². The van der Waals surface area contributed by atoms with E-state index >= 15 is 0 Å². The lowest BCUT2D eigenvalue weighted by atomic mass is 9.82. The molecule has 0 unspecified atom stereocenters. The van der Waals surface area contributed by atoms with Gasteiger partial charge in [-0.25, -0.2) is 0 Å². The molecule has 0 saturated carbocycles. The van der Waals surface area contributed by atoms with Crippen molar-refractivity contribution in [3.05, 3.63) is 145 Å². The lowest BCUT2D eigenvalue weighted by Crippen LogP contribution is -2.10. The molecular weight excluding hydrogens is 593 g/mol. The highest BCUT2D eigenvalue weighted by Crippen LogP contribution is 2.48. The van der Waals surface area contributed by atoms with Crippen LogP contribution in [0.5, 0.6) is 0 Å². The van der Waals surface area contributed by atoms with Gasteiger partial charge in [-0.15, -0.1) is 0 Å². The van der Waals surface area contributed by atoms with Gasteiger partial charge in [-0.05, 0) is 94.2 Å². The van der Waals surface area contributed by atoms with Crippen molar-refractivity contribution in [3.8, 4) is 33.4 Å². The summed E-state index contributed by atoms with van der Waals surface area (Å²) in [6.45, 7) is 13.7. The molecule has 9 aromatic rings. The summed E-state index contributed by atoms with van der Waals surface area (Å²) in [5.74, 6) is 0. The Morgan fingerprint density at radius 1 is 0.388 bits per heavy atom. The van der Waals surface area contributed by atoms with E-state index in [1.165, 1.54) is 71.3 Å². The summed E-state index contributed by atoms with van der Waals surface area (Å²) in [6.07, 6.45) is 0. The van der Waals surface area contributed by atoms with E-state index in [1.54, 1.807) is 0 Å². The summed E-state index contributed by atoms with van der Waals surface area (Å²) in [7, 11) is 0. The van der Waals surface area contributed by atoms with E-state index in [2.05, 4.69) is 169 Å². The standard InChI is InChI=1S/C48H40O/c1-47(2,3)32-20-14-29(15-21-32)34-24-18-31-19-25-37-41(30-16-22-33(23-17-30)48(4,5)6)28-42(38-27-26-36(34)44(31)45(37)38)40-12-9-11-39-35-10-7-8-13-43(35)49-46(39)40/h7-28H,1-6H3. The van der Waals surface area contributed by atoms with Crippen LogP contribution in [0.2, 0.25) is 0 Å². The van der Waals surface area contributed by atoms with Gasteiger partial charge in [0.15, 0.2) is 0 Å². The number of benzene rings is 8. The topological polar surface area (TPSA) is 13.1 Å². The fraction of sp³-hybridized carbons (Fsp3) is 0.167. The minimum absolute atomic E-state index is 0.0881. The van der Waals surface area contributed by atoms with Crippen molar-refractivity contribution >= 4 is 54.3 Å². The van der Waals surface area contributed by atoms with Gasteiger partial charge < -0.3 is 4.42 Å². The Morgan fingerprint density at radius 2 is 0.939 bits per heavy atom. The van der Waals surface area contributed by atoms with Crippen LogP contribution >= 0.6 is 0 Å². The van der Waals surface area contributed by atoms with E-state index in [9.17, 15) is 0 Å². The SMILES string of the molecule is CC(C)(C)c1ccc(-c2ccc3ccc4c(-c5ccc(C(C)(C)C)cc5)cc(-c5cccc6c5oc5ccccc56)c5ccc2c3c45)cc1. The second kappa shape index (κ2) is 10.5. The molecule has 0 radical (unpaired) electrons. The summed E-state index contributed by atoms with van der Waals surface area (Å²) in [6, 6.07) is 49.7. The molecule has 0 aliphatic carbocycles. The van der Waals surface area contributed by atoms with E-state index in [0.717, 1.165) is 27.5 Å². The molecule has 9 rings (SSSR count). The molecule has 0 spiro atoms. The molecule has 0 atom stereocenters. The van der Waals surface area contributed by atoms with Crippen molar-refractivity contribution in [1.29, 1.82) is 0 Å². The van der Waals surface area contributed by atoms with Crippen LogP contribution in [0.3, 0.4) is 0 Å². The Hall–Kier alpha value is -5.40. The largest absolute Gasteiger partial charge is 0.455 e. The molecule has 0 N–H and O–H groups in total. The van der Waals surface area contributed by atoms with E-state index in [0.29, 0.717) is 0 Å². The Morgan fingerprint density at radius 3 is 1.61 bits per heavy atom. The van der Waals surface area contributed by atoms with Crippen LogP contribution in [0.15, 0.2) is 138 Å². The first-order valence-electron chi connectivity index (χ1n) is 17.4. The maximum absolute atomic E-state index is 6.64. The van der Waals surface area contributed by atoms with Gasteiger partial charge in [0.25, 0.3) is 0 Å². The van der Waals surface area contributed by atoms with Gasteiger partial charge in [-0.1, -0.05) is 163 Å². The fourth-order valence-corrected chi connectivity index (χ4v) is 7.87. The number of rotatable bonds is 3. The number of hydrogen-bond donors (Lipinski definition) is 0. The highest BCUT2D eigenvalue weighted by Gasteiger charge is 2.22. The van der Waals surface area contributed by atoms with Crippen LogP contribution in [-0.4, -0.2) is 0 Å². The van der Waals surface area contributed by atoms with Gasteiger partial charge >= 0.3 is 0 Å². The number of para-hydroxylation sites is 2. The lowest BCUT2D eigenvalue weighted by Gasteiger charge is -2.22. The summed E-state index contributed by atoms with van der Waals surface area (Å²) in [5.41, 5.74) is 12.0. The molecule has 8 aromatic carbocycles. The lowest BCUT2D eigenvalue weighted by molar-refractivity contribution is 0.590. The van der Waals surface area contributed by atoms with Gasteiger partial charge in [-0.3, -0.25) is 0 Å². The summed E-state index contributed by atoms with van der Waals surface area (Å²) >= 11 is 0. The third kappa shape index (κ3) is 4.67. The maximum Gasteiger partial charge on any atom is 0.143 e. The van der Waals surface area contributed by atoms with E-state index < -0.39 is 0 Å². The summed E-state index contributed by atoms with van der Waals surface area (Å²) in [5, 5.41) is 9.99. The minimum atomic E-state index is 0.0881. The monoisotopic (exact) mass is 632 g/mol. The number of furan rings is 1. The third-order valence-electron chi connectivity index (χ3n) is 10.6. The molecule has 0 bridgehead atoms. The van der Waals surface area contributed by atoms with Gasteiger partial charge in [0, 0.05) is 16.3 Å². The number of fused-ring (bicyclic) bond motifs is 3. The Bertz CT molecular complexity index is 2690. The van der Waals surface area contributed by atoms with Crippen molar-refractivity contribution in [2.24, 2.45) is 0 Å². The smallest absolute Gasteiger partial charge is 0.143 e. The maximum atomic E-state index is 6.64. The zero-order valence-electron chi connectivity index (χ0n) is 29.1. The quantitative estimate of drug-likeness (QED) is 0.177. The third-order valence-corrected chi connectivity index (χ3v) is 10.6. The first kappa shape index (κ1) is 29.7. The van der Waals surface area contributed by atoms with Crippen LogP contribution in [0.1, 0.15) is 52.7 Å². The van der Waals surface area contributed by atoms with Gasteiger partial charge in [-0.2, -0.15) is 0 Å². The highest BCUT2D eigenvalue weighted by molar-refractivity contribution is 6.30. The molecule has 0 aliphatic heterocycles. The molecule has 0 amide bonds. The predicted octanol–water partition coefficient (Wildman–Crippen LogP) is 14.1. The molecule has 0 saturated heterocycles. The molecule has 0 aliphatic rings. The molecule has 1 nitrogen and oxygen atoms in total. The average molecular weight is 633 g/mol. The summed E-state index contributed by atoms with van der Waals surface area (Å²) < 4.78 is 6.64. The zero-order valence-corrected chi connectivity index (χ0v) is 29.1. The van der Waals surface area contributed by atoms with E-state index in [4.69, 9.17) is 4.42 Å². The van der Waals surface area contributed by atoms with Gasteiger partial charge in [0.2, 0.25) is 0 Å². The second-order valence-corrected chi connectivity index (χ2v) is 15.8. The van der Waals surface area contributed by atoms with Crippen molar-refractivity contribution in [1.82, 2.24) is 0 Å². The Labute approximate surface area is 288 Å². The predicted molar refractivity (Wildman–Crippen MR) is 211 cm³/mol. The van der Waals surface area contributed by atoms with Gasteiger partial charge in [0.05, 0.1) is 0 Å². The van der Waals surface area contributed by atoms with Crippen molar-refractivity contribution in [2.45, 2.75) is 52.4 Å². The van der Waals surface area contributed by atoms with Crippen LogP contribution < -0.4 is 0 Å². The molecule has 1 heteroatoms. The average Bonchev–Trinajstić information content (AvgIpc) is 3.49. The Kier molecular flexibility index (Phi) is 6.40. The normalized spacial score (nSPS) is 12.7. The zero-order chi connectivity index (χ0) is 33.7. The molecule has 0 fully saturated rings. The molecule has 1 aromatic heterocycles. The van der Waals surface area contributed by atoms with Crippen LogP contribution in [0.4, 0.5) is 0 Å². The van der Waals surface area contributed by atoms with Crippen molar-refractivity contribution in [2.75, 3.05) is 0 Å². The highest BCUT2D eigenvalue weighted by atomic mass is 16.3. The molecule has 238 valence electrons. The number of hydrogen-bond acceptors (Lipinski definition) is 1. The van der Waals surface area contributed by atoms with E-state index in [1.807, 2.05) is 6.07 Å². The van der Waals surface area contributed by atoms with Crippen LogP contribution in [0, 0.1) is 0 Å². The molecule has 49 heavy (non-hydrogen) atoms. The summed E-state index contributed by atoms with van der Waals surface area (Å²) in [4.78, 5) is 0.